The average Bonchev–Trinajstić information content (AvgIpc) is 2.53. The van der Waals surface area contributed by atoms with Gasteiger partial charge in [-0.1, -0.05) is 12.1 Å². The number of esters is 1. The Balaban J connectivity index is 2.31. The van der Waals surface area contributed by atoms with Crippen molar-refractivity contribution in [2.45, 2.75) is 6.54 Å². The fraction of sp³-hybridized carbons (Fsp3) is 0.312. The third-order valence-electron chi connectivity index (χ3n) is 3.31. The molecule has 0 N–H and O–H groups in total. The molecule has 1 heterocycles. The maximum atomic E-state index is 12.5. The monoisotopic (exact) mass is 301 g/mol. The summed E-state index contributed by atoms with van der Waals surface area (Å²) in [5, 5.41) is 0. The van der Waals surface area contributed by atoms with E-state index in [0.717, 1.165) is 12.1 Å². The molecule has 0 radical (unpaired) electrons. The third kappa shape index (κ3) is 3.59. The Morgan fingerprint density at radius 2 is 1.95 bits per heavy atom. The number of hydrogen-bond donors (Lipinski definition) is 0. The van der Waals surface area contributed by atoms with Crippen molar-refractivity contribution in [1.82, 2.24) is 14.5 Å². The zero-order valence-electron chi connectivity index (χ0n) is 12.9. The second kappa shape index (κ2) is 7.00. The Hall–Kier alpha value is -2.47. The maximum Gasteiger partial charge on any atom is 0.337 e. The highest BCUT2D eigenvalue weighted by atomic mass is 16.5. The lowest BCUT2D eigenvalue weighted by atomic mass is 10.1. The van der Waals surface area contributed by atoms with Crippen LogP contribution in [0.25, 0.3) is 11.1 Å². The van der Waals surface area contributed by atoms with Crippen LogP contribution < -0.4 is 5.56 Å². The van der Waals surface area contributed by atoms with Gasteiger partial charge in [-0.2, -0.15) is 0 Å². The van der Waals surface area contributed by atoms with Crippen molar-refractivity contribution in [1.29, 1.82) is 0 Å². The van der Waals surface area contributed by atoms with Crippen LogP contribution in [0.4, 0.5) is 0 Å². The van der Waals surface area contributed by atoms with Crippen LogP contribution in [0.5, 0.6) is 0 Å². The van der Waals surface area contributed by atoms with Crippen molar-refractivity contribution in [3.05, 3.63) is 52.7 Å². The highest BCUT2D eigenvalue weighted by Crippen LogP contribution is 2.15. The second-order valence-electron chi connectivity index (χ2n) is 5.18. The minimum Gasteiger partial charge on any atom is -0.465 e. The lowest BCUT2D eigenvalue weighted by molar-refractivity contribution is 0.0601. The molecule has 2 aromatic rings. The van der Waals surface area contributed by atoms with Crippen LogP contribution in [-0.4, -0.2) is 48.2 Å². The molecule has 0 saturated carbocycles. The van der Waals surface area contributed by atoms with E-state index in [1.54, 1.807) is 35.0 Å². The first-order valence-corrected chi connectivity index (χ1v) is 6.91. The van der Waals surface area contributed by atoms with E-state index in [1.807, 2.05) is 19.0 Å². The summed E-state index contributed by atoms with van der Waals surface area (Å²) >= 11 is 0. The van der Waals surface area contributed by atoms with E-state index in [9.17, 15) is 9.59 Å². The van der Waals surface area contributed by atoms with Gasteiger partial charge in [0.2, 0.25) is 0 Å². The first-order valence-electron chi connectivity index (χ1n) is 6.91. The topological polar surface area (TPSA) is 64.4 Å². The van der Waals surface area contributed by atoms with Gasteiger partial charge >= 0.3 is 5.97 Å². The Morgan fingerprint density at radius 1 is 1.27 bits per heavy atom. The van der Waals surface area contributed by atoms with E-state index >= 15 is 0 Å². The van der Waals surface area contributed by atoms with E-state index < -0.39 is 5.97 Å². The highest BCUT2D eigenvalue weighted by molar-refractivity contribution is 5.89. The number of benzene rings is 1. The minimum absolute atomic E-state index is 0.0948. The standard InChI is InChI=1S/C16H19N3O3/c1-18(2)8-9-19-11-17-10-14(15(19)20)12-4-6-13(7-5-12)16(21)22-3/h4-7,10-11H,8-9H2,1-3H3. The number of hydrogen-bond acceptors (Lipinski definition) is 5. The molecule has 0 unspecified atom stereocenters. The summed E-state index contributed by atoms with van der Waals surface area (Å²) in [5.74, 6) is -0.402. The van der Waals surface area contributed by atoms with Gasteiger partial charge in [-0.25, -0.2) is 9.78 Å². The van der Waals surface area contributed by atoms with Crippen LogP contribution >= 0.6 is 0 Å². The van der Waals surface area contributed by atoms with E-state index in [1.165, 1.54) is 13.4 Å². The number of ether oxygens (including phenoxy) is 1. The molecular formula is C16H19N3O3. The summed E-state index contributed by atoms with van der Waals surface area (Å²) in [4.78, 5) is 30.0. The zero-order chi connectivity index (χ0) is 16.1. The average molecular weight is 301 g/mol. The summed E-state index contributed by atoms with van der Waals surface area (Å²) in [7, 11) is 5.24. The summed E-state index contributed by atoms with van der Waals surface area (Å²) in [6.07, 6.45) is 3.08. The first-order chi connectivity index (χ1) is 10.5. The van der Waals surface area contributed by atoms with Crippen LogP contribution in [0.3, 0.4) is 0 Å². The first kappa shape index (κ1) is 15.9. The van der Waals surface area contributed by atoms with Crippen molar-refractivity contribution < 1.29 is 9.53 Å². The summed E-state index contributed by atoms with van der Waals surface area (Å²) in [6, 6.07) is 6.72. The lowest BCUT2D eigenvalue weighted by Gasteiger charge is -2.11. The van der Waals surface area contributed by atoms with Crippen LogP contribution in [0, 0.1) is 0 Å². The Morgan fingerprint density at radius 3 is 2.55 bits per heavy atom. The quantitative estimate of drug-likeness (QED) is 0.778. The zero-order valence-corrected chi connectivity index (χ0v) is 12.9. The van der Waals surface area contributed by atoms with Crippen LogP contribution in [-0.2, 0) is 11.3 Å². The van der Waals surface area contributed by atoms with Crippen molar-refractivity contribution >= 4 is 5.97 Å². The van der Waals surface area contributed by atoms with Crippen LogP contribution in [0.15, 0.2) is 41.6 Å². The maximum absolute atomic E-state index is 12.5. The fourth-order valence-corrected chi connectivity index (χ4v) is 2.02. The normalized spacial score (nSPS) is 10.7. The van der Waals surface area contributed by atoms with E-state index in [2.05, 4.69) is 9.72 Å². The van der Waals surface area contributed by atoms with Crippen LogP contribution in [0.1, 0.15) is 10.4 Å². The molecule has 0 aliphatic rings. The second-order valence-corrected chi connectivity index (χ2v) is 5.18. The summed E-state index contributed by atoms with van der Waals surface area (Å²) < 4.78 is 6.24. The predicted molar refractivity (Wildman–Crippen MR) is 83.8 cm³/mol. The molecule has 0 saturated heterocycles. The molecule has 0 aliphatic heterocycles. The fourth-order valence-electron chi connectivity index (χ4n) is 2.02. The van der Waals surface area contributed by atoms with Crippen molar-refractivity contribution in [2.24, 2.45) is 0 Å². The number of nitrogens with zero attached hydrogens (tertiary/aromatic N) is 3. The van der Waals surface area contributed by atoms with Crippen molar-refractivity contribution in [2.75, 3.05) is 27.7 Å². The van der Waals surface area contributed by atoms with E-state index in [-0.39, 0.29) is 5.56 Å². The molecule has 0 atom stereocenters. The molecule has 0 bridgehead atoms. The van der Waals surface area contributed by atoms with E-state index in [4.69, 9.17) is 0 Å². The summed E-state index contributed by atoms with van der Waals surface area (Å²) in [5.41, 5.74) is 1.59. The number of rotatable bonds is 5. The highest BCUT2D eigenvalue weighted by Gasteiger charge is 2.09. The third-order valence-corrected chi connectivity index (χ3v) is 3.31. The molecule has 2 rings (SSSR count). The number of likely N-dealkylation sites (N-methyl/N-ethyl adjacent to an activating group) is 1. The molecule has 6 heteroatoms. The minimum atomic E-state index is -0.402. The Bertz CT molecular complexity index is 705. The van der Waals surface area contributed by atoms with Gasteiger partial charge in [0.25, 0.3) is 5.56 Å². The lowest BCUT2D eigenvalue weighted by Crippen LogP contribution is -2.27. The molecule has 0 spiro atoms. The largest absolute Gasteiger partial charge is 0.465 e. The van der Waals surface area contributed by atoms with Gasteiger partial charge in [0.15, 0.2) is 0 Å². The molecule has 1 aromatic heterocycles. The molecule has 0 fully saturated rings. The van der Waals surface area contributed by atoms with Crippen molar-refractivity contribution in [3.8, 4) is 11.1 Å². The number of aromatic nitrogens is 2. The van der Waals surface area contributed by atoms with Gasteiger partial charge in [-0.05, 0) is 31.8 Å². The number of carbonyl (C=O) groups excluding carboxylic acids is 1. The number of methoxy groups -OCH3 is 1. The SMILES string of the molecule is COC(=O)c1ccc(-c2cncn(CCN(C)C)c2=O)cc1. The van der Waals surface area contributed by atoms with Gasteiger partial charge in [-0.3, -0.25) is 9.36 Å². The van der Waals surface area contributed by atoms with Gasteiger partial charge in [-0.15, -0.1) is 0 Å². The van der Waals surface area contributed by atoms with Gasteiger partial charge < -0.3 is 9.64 Å². The molecule has 6 nitrogen and oxygen atoms in total. The van der Waals surface area contributed by atoms with Crippen LogP contribution in [0.2, 0.25) is 0 Å². The Labute approximate surface area is 129 Å². The van der Waals surface area contributed by atoms with Gasteiger partial charge in [0.05, 0.1) is 24.6 Å². The summed E-state index contributed by atoms with van der Waals surface area (Å²) in [6.45, 7) is 1.33. The molecule has 0 amide bonds. The molecule has 22 heavy (non-hydrogen) atoms. The van der Waals surface area contributed by atoms with Crippen molar-refractivity contribution in [3.63, 3.8) is 0 Å². The predicted octanol–water partition coefficient (Wildman–Crippen LogP) is 1.26. The number of carbonyl (C=O) groups is 1. The smallest absolute Gasteiger partial charge is 0.337 e. The Kier molecular flexibility index (Phi) is 5.06. The van der Waals surface area contributed by atoms with Gasteiger partial charge in [0, 0.05) is 19.3 Å². The molecule has 1 aromatic carbocycles. The van der Waals surface area contributed by atoms with E-state index in [0.29, 0.717) is 17.7 Å². The molecule has 0 aliphatic carbocycles. The molecule has 116 valence electrons. The van der Waals surface area contributed by atoms with Gasteiger partial charge in [0.1, 0.15) is 0 Å². The molecular weight excluding hydrogens is 282 g/mol.